The van der Waals surface area contributed by atoms with Gasteiger partial charge in [0.05, 0.1) is 10.9 Å². The number of fused-ring (bicyclic) bond motifs is 1. The zero-order chi connectivity index (χ0) is 14.8. The van der Waals surface area contributed by atoms with Crippen molar-refractivity contribution in [1.82, 2.24) is 15.1 Å². The minimum absolute atomic E-state index is 0.0249. The quantitative estimate of drug-likeness (QED) is 0.925. The van der Waals surface area contributed by atoms with E-state index in [1.54, 1.807) is 4.90 Å². The number of piperidine rings is 1. The summed E-state index contributed by atoms with van der Waals surface area (Å²) in [6, 6.07) is 4.75. The van der Waals surface area contributed by atoms with Crippen molar-refractivity contribution < 1.29 is 4.79 Å². The summed E-state index contributed by atoms with van der Waals surface area (Å²) in [5.41, 5.74) is 0. The van der Waals surface area contributed by atoms with Gasteiger partial charge in [-0.3, -0.25) is 4.90 Å². The van der Waals surface area contributed by atoms with Gasteiger partial charge in [0.2, 0.25) is 0 Å². The van der Waals surface area contributed by atoms with E-state index in [2.05, 4.69) is 10.2 Å². The lowest BCUT2D eigenvalue weighted by atomic mass is 9.99. The van der Waals surface area contributed by atoms with Gasteiger partial charge in [-0.1, -0.05) is 18.0 Å². The summed E-state index contributed by atoms with van der Waals surface area (Å²) in [6.07, 6.45) is 4.89. The molecule has 2 saturated heterocycles. The Morgan fingerprint density at radius 1 is 1.43 bits per heavy atom. The largest absolute Gasteiger partial charge is 0.334 e. The third-order valence-corrected chi connectivity index (χ3v) is 5.75. The van der Waals surface area contributed by atoms with Crippen molar-refractivity contribution in [2.75, 3.05) is 20.1 Å². The van der Waals surface area contributed by atoms with E-state index in [-0.39, 0.29) is 6.03 Å². The van der Waals surface area contributed by atoms with Crippen LogP contribution in [0.2, 0.25) is 4.34 Å². The van der Waals surface area contributed by atoms with E-state index in [9.17, 15) is 4.79 Å². The number of rotatable bonds is 3. The van der Waals surface area contributed by atoms with Gasteiger partial charge in [-0.15, -0.1) is 11.3 Å². The molecule has 3 rings (SSSR count). The number of hydrogen-bond donors (Lipinski definition) is 1. The predicted octanol–water partition coefficient (Wildman–Crippen LogP) is 3.17. The molecule has 2 atom stereocenters. The second kappa shape index (κ2) is 6.55. The van der Waals surface area contributed by atoms with Crippen molar-refractivity contribution in [2.45, 2.75) is 44.3 Å². The summed E-state index contributed by atoms with van der Waals surface area (Å²) in [4.78, 5) is 17.7. The van der Waals surface area contributed by atoms with Crippen LogP contribution < -0.4 is 5.32 Å². The summed E-state index contributed by atoms with van der Waals surface area (Å²) < 4.78 is 0.771. The van der Waals surface area contributed by atoms with E-state index >= 15 is 0 Å². The van der Waals surface area contributed by atoms with Crippen molar-refractivity contribution in [3.05, 3.63) is 21.3 Å². The second-order valence-corrected chi connectivity index (χ2v) is 7.81. The molecule has 21 heavy (non-hydrogen) atoms. The Hall–Kier alpha value is -0.780. The molecule has 2 aliphatic rings. The molecule has 4 nitrogen and oxygen atoms in total. The summed E-state index contributed by atoms with van der Waals surface area (Å²) in [7, 11) is 1.84. The van der Waals surface area contributed by atoms with Crippen molar-refractivity contribution in [2.24, 2.45) is 0 Å². The van der Waals surface area contributed by atoms with Gasteiger partial charge >= 0.3 is 6.03 Å². The molecule has 2 amide bonds. The lowest BCUT2D eigenvalue weighted by molar-refractivity contribution is 0.170. The molecule has 3 heterocycles. The van der Waals surface area contributed by atoms with Crippen LogP contribution in [0.3, 0.4) is 0 Å². The summed E-state index contributed by atoms with van der Waals surface area (Å²) >= 11 is 7.46. The van der Waals surface area contributed by atoms with Crippen molar-refractivity contribution in [3.63, 3.8) is 0 Å². The number of nitrogens with zero attached hydrogens (tertiary/aromatic N) is 2. The zero-order valence-corrected chi connectivity index (χ0v) is 13.9. The van der Waals surface area contributed by atoms with Gasteiger partial charge in [0.1, 0.15) is 0 Å². The summed E-state index contributed by atoms with van der Waals surface area (Å²) in [5, 5.41) is 3.22. The predicted molar refractivity (Wildman–Crippen MR) is 86.9 cm³/mol. The van der Waals surface area contributed by atoms with Gasteiger partial charge in [-0.2, -0.15) is 0 Å². The molecule has 2 aliphatic heterocycles. The average molecular weight is 328 g/mol. The SMILES string of the molecule is CN(Cc1ccc(Cl)s1)C(=O)NC1CCN2CCCCC12. The van der Waals surface area contributed by atoms with Crippen LogP contribution >= 0.6 is 22.9 Å². The normalized spacial score (nSPS) is 25.6. The molecule has 2 fully saturated rings. The Kier molecular flexibility index (Phi) is 4.72. The molecular formula is C15H22ClN3OS. The number of urea groups is 1. The maximum atomic E-state index is 12.4. The Morgan fingerprint density at radius 2 is 2.29 bits per heavy atom. The molecule has 2 unspecified atom stereocenters. The number of hydrogen-bond acceptors (Lipinski definition) is 3. The Bertz CT molecular complexity index is 507. The van der Waals surface area contributed by atoms with Crippen molar-refractivity contribution in [1.29, 1.82) is 0 Å². The standard InChI is InChI=1S/C15H22ClN3OS/c1-18(10-11-5-6-14(16)21-11)15(20)17-12-7-9-19-8-3-2-4-13(12)19/h5-6,12-13H,2-4,7-10H2,1H3,(H,17,20). The molecule has 1 N–H and O–H groups in total. The molecule has 0 radical (unpaired) electrons. The highest BCUT2D eigenvalue weighted by Gasteiger charge is 2.36. The number of thiophene rings is 1. The topological polar surface area (TPSA) is 35.6 Å². The molecule has 0 aromatic carbocycles. The fourth-order valence-electron chi connectivity index (χ4n) is 3.43. The van der Waals surface area contributed by atoms with Crippen molar-refractivity contribution >= 4 is 29.0 Å². The van der Waals surface area contributed by atoms with Crippen LogP contribution in [0.15, 0.2) is 12.1 Å². The van der Waals surface area contributed by atoms with E-state index in [0.29, 0.717) is 18.6 Å². The molecular weight excluding hydrogens is 306 g/mol. The maximum Gasteiger partial charge on any atom is 0.317 e. The minimum atomic E-state index is 0.0249. The number of carbonyl (C=O) groups excluding carboxylic acids is 1. The first-order chi connectivity index (χ1) is 10.1. The van der Waals surface area contributed by atoms with Gasteiger partial charge in [-0.05, 0) is 37.9 Å². The maximum absolute atomic E-state index is 12.4. The summed E-state index contributed by atoms with van der Waals surface area (Å²) in [6.45, 7) is 2.94. The van der Waals surface area contributed by atoms with Crippen LogP contribution in [0.5, 0.6) is 0 Å². The fourth-order valence-corrected chi connectivity index (χ4v) is 4.57. The highest BCUT2D eigenvalue weighted by atomic mass is 35.5. The summed E-state index contributed by atoms with van der Waals surface area (Å²) in [5.74, 6) is 0. The van der Waals surface area contributed by atoms with Gasteiger partial charge in [0.15, 0.2) is 0 Å². The minimum Gasteiger partial charge on any atom is -0.334 e. The van der Waals surface area contributed by atoms with Crippen LogP contribution in [-0.2, 0) is 6.54 Å². The second-order valence-electron chi connectivity index (χ2n) is 6.01. The first kappa shape index (κ1) is 15.1. The molecule has 0 spiro atoms. The van der Waals surface area contributed by atoms with Gasteiger partial charge in [-0.25, -0.2) is 4.79 Å². The third-order valence-electron chi connectivity index (χ3n) is 4.53. The number of amides is 2. The van der Waals surface area contributed by atoms with Crippen LogP contribution in [0, 0.1) is 0 Å². The molecule has 6 heteroatoms. The molecule has 116 valence electrons. The first-order valence-electron chi connectivity index (χ1n) is 7.63. The molecule has 0 bridgehead atoms. The van der Waals surface area contributed by atoms with Crippen LogP contribution in [0.4, 0.5) is 4.79 Å². The van der Waals surface area contributed by atoms with E-state index in [4.69, 9.17) is 11.6 Å². The van der Waals surface area contributed by atoms with Gasteiger partial charge in [0.25, 0.3) is 0 Å². The first-order valence-corrected chi connectivity index (χ1v) is 8.83. The van der Waals surface area contributed by atoms with Crippen LogP contribution in [0.1, 0.15) is 30.6 Å². The Labute approximate surface area is 135 Å². The Balaban J connectivity index is 1.53. The number of nitrogens with one attached hydrogen (secondary N) is 1. The smallest absolute Gasteiger partial charge is 0.317 e. The molecule has 1 aromatic heterocycles. The van der Waals surface area contributed by atoms with E-state index in [1.165, 1.54) is 37.1 Å². The zero-order valence-electron chi connectivity index (χ0n) is 12.3. The lowest BCUT2D eigenvalue weighted by Gasteiger charge is -2.33. The fraction of sp³-hybridized carbons (Fsp3) is 0.667. The number of carbonyl (C=O) groups is 1. The van der Waals surface area contributed by atoms with E-state index in [0.717, 1.165) is 22.2 Å². The average Bonchev–Trinajstić information content (AvgIpc) is 3.06. The van der Waals surface area contributed by atoms with E-state index in [1.807, 2.05) is 19.2 Å². The Morgan fingerprint density at radius 3 is 3.05 bits per heavy atom. The van der Waals surface area contributed by atoms with E-state index < -0.39 is 0 Å². The highest BCUT2D eigenvalue weighted by molar-refractivity contribution is 7.16. The van der Waals surface area contributed by atoms with Crippen LogP contribution in [-0.4, -0.2) is 48.1 Å². The highest BCUT2D eigenvalue weighted by Crippen LogP contribution is 2.27. The van der Waals surface area contributed by atoms with Gasteiger partial charge < -0.3 is 10.2 Å². The molecule has 0 aliphatic carbocycles. The van der Waals surface area contributed by atoms with Crippen molar-refractivity contribution in [3.8, 4) is 0 Å². The monoisotopic (exact) mass is 327 g/mol. The number of halogens is 1. The molecule has 1 aromatic rings. The van der Waals surface area contributed by atoms with Crippen LogP contribution in [0.25, 0.3) is 0 Å². The molecule has 0 saturated carbocycles. The van der Waals surface area contributed by atoms with Gasteiger partial charge in [0, 0.05) is 30.6 Å². The lowest BCUT2D eigenvalue weighted by Crippen LogP contribution is -2.49. The third kappa shape index (κ3) is 3.52.